The summed E-state index contributed by atoms with van der Waals surface area (Å²) in [6.45, 7) is 0. The van der Waals surface area contributed by atoms with Gasteiger partial charge in [0.2, 0.25) is 30.0 Å². The molecule has 0 aliphatic heterocycles. The molecule has 208 valence electrons. The van der Waals surface area contributed by atoms with Gasteiger partial charge in [-0.3, -0.25) is 61.0 Å². The second-order valence-corrected chi connectivity index (χ2v) is 20.5. The van der Waals surface area contributed by atoms with Crippen molar-refractivity contribution in [3.63, 3.8) is 0 Å². The van der Waals surface area contributed by atoms with Crippen LogP contribution in [0.2, 0.25) is 0 Å². The molecule has 0 aromatic heterocycles. The van der Waals surface area contributed by atoms with Crippen LogP contribution in [0.1, 0.15) is 0 Å². The van der Waals surface area contributed by atoms with Crippen LogP contribution in [0.4, 0.5) is 0 Å². The average Bonchev–Trinajstić information content (AvgIpc) is 2.88. The van der Waals surface area contributed by atoms with Crippen LogP contribution in [0.15, 0.2) is 18.1 Å². The number of nitrogens with one attached hydrogen (secondary N) is 12. The minimum absolute atomic E-state index is 0. The standard InChI is InChI=1S/C12H48N16P5.ClH/c1-13-29(14-2,15-3)25-33(26-30(16-4,17-5)18-6,27-31(19-7,20-8)21-9)28-32(22-10,23-11)24-12;/h13-24H,1-12H3;1H/q+1;/p-1. The second kappa shape index (κ2) is 16.9. The Hall–Kier alpha value is 1.16. The fourth-order valence-electron chi connectivity index (χ4n) is 2.71. The summed E-state index contributed by atoms with van der Waals surface area (Å²) in [5.74, 6) is 0. The van der Waals surface area contributed by atoms with Gasteiger partial charge in [-0.2, -0.15) is 0 Å². The van der Waals surface area contributed by atoms with Gasteiger partial charge in [0.15, 0.2) is 0 Å². The van der Waals surface area contributed by atoms with Crippen LogP contribution < -0.4 is 73.5 Å². The Kier molecular flexibility index (Phi) is 18.5. The Morgan fingerprint density at radius 1 is 0.324 bits per heavy atom. The molecule has 0 fully saturated rings. The van der Waals surface area contributed by atoms with Crippen molar-refractivity contribution < 1.29 is 12.4 Å². The summed E-state index contributed by atoms with van der Waals surface area (Å²) in [4.78, 5) is 0. The third-order valence-electron chi connectivity index (χ3n) is 4.90. The van der Waals surface area contributed by atoms with Crippen LogP contribution >= 0.6 is 37.9 Å². The van der Waals surface area contributed by atoms with Crippen molar-refractivity contribution in [2.24, 2.45) is 18.1 Å². The molecule has 0 bridgehead atoms. The molecule has 0 unspecified atom stereocenters. The highest BCUT2D eigenvalue weighted by atomic mass is 35.5. The summed E-state index contributed by atoms with van der Waals surface area (Å²) < 4.78 is 21.2. The maximum atomic E-state index is 5.29. The number of halogens is 1. The van der Waals surface area contributed by atoms with Gasteiger partial charge in [0.05, 0.1) is 0 Å². The third-order valence-corrected chi connectivity index (χ3v) is 20.8. The third kappa shape index (κ3) is 9.17. The van der Waals surface area contributed by atoms with Gasteiger partial charge >= 0.3 is 7.87 Å². The summed E-state index contributed by atoms with van der Waals surface area (Å²) in [7, 11) is 9.10. The lowest BCUT2D eigenvalue weighted by Gasteiger charge is -2.28. The summed E-state index contributed by atoms with van der Waals surface area (Å²) >= 11 is 0. The van der Waals surface area contributed by atoms with Gasteiger partial charge in [-0.1, -0.05) is 0 Å². The molecule has 0 aromatic carbocycles. The summed E-state index contributed by atoms with van der Waals surface area (Å²) in [6, 6.07) is 0. The number of hydrogen-bond donors (Lipinski definition) is 12. The zero-order valence-electron chi connectivity index (χ0n) is 22.4. The number of hydrogen-bond acceptors (Lipinski definition) is 4. The van der Waals surface area contributed by atoms with Gasteiger partial charge in [-0.05, 0) is 103 Å². The van der Waals surface area contributed by atoms with Crippen molar-refractivity contribution in [3.05, 3.63) is 0 Å². The van der Waals surface area contributed by atoms with E-state index < -0.39 is 37.9 Å². The van der Waals surface area contributed by atoms with E-state index in [2.05, 4.69) is 61.0 Å². The van der Waals surface area contributed by atoms with E-state index in [0.29, 0.717) is 0 Å². The van der Waals surface area contributed by atoms with Crippen LogP contribution in [0.5, 0.6) is 0 Å². The van der Waals surface area contributed by atoms with Gasteiger partial charge in [0.1, 0.15) is 0 Å². The van der Waals surface area contributed by atoms with E-state index in [4.69, 9.17) is 18.1 Å². The van der Waals surface area contributed by atoms with Crippen molar-refractivity contribution in [2.45, 2.75) is 0 Å². The Labute approximate surface area is 213 Å². The lowest BCUT2D eigenvalue weighted by molar-refractivity contribution is -0.00000882. The maximum Gasteiger partial charge on any atom is 0.502 e. The van der Waals surface area contributed by atoms with E-state index in [1.165, 1.54) is 0 Å². The zero-order valence-corrected chi connectivity index (χ0v) is 27.6. The molecule has 0 aliphatic rings. The first-order valence-electron chi connectivity index (χ1n) is 10.3. The number of rotatable bonds is 16. The van der Waals surface area contributed by atoms with Gasteiger partial charge in [-0.25, -0.2) is 0 Å². The smallest absolute Gasteiger partial charge is 0.502 e. The van der Waals surface area contributed by atoms with E-state index in [0.717, 1.165) is 0 Å². The predicted octanol–water partition coefficient (Wildman–Crippen LogP) is -1.91. The largest absolute Gasteiger partial charge is 1.00 e. The number of nitrogens with zero attached hydrogens (tertiary/aromatic N) is 4. The second-order valence-electron chi connectivity index (χ2n) is 6.12. The predicted molar refractivity (Wildman–Crippen MR) is 153 cm³/mol. The lowest BCUT2D eigenvalue weighted by Crippen LogP contribution is -3.00. The van der Waals surface area contributed by atoms with E-state index >= 15 is 0 Å². The molecule has 0 saturated heterocycles. The SMILES string of the molecule is CNP(=N[P+](N=P(NC)(NC)NC)(N=P(NC)(NC)NC)N=P(NC)(NC)NC)(NC)NC.[Cl-]. The highest BCUT2D eigenvalue weighted by Crippen LogP contribution is 2.79. The molecule has 34 heavy (non-hydrogen) atoms. The van der Waals surface area contributed by atoms with Crippen LogP contribution in [0.25, 0.3) is 0 Å². The molecule has 0 aliphatic carbocycles. The van der Waals surface area contributed by atoms with E-state index in [1.54, 1.807) is 0 Å². The molecule has 12 N–H and O–H groups in total. The highest BCUT2D eigenvalue weighted by molar-refractivity contribution is 7.88. The molecule has 0 radical (unpaired) electrons. The van der Waals surface area contributed by atoms with Crippen LogP contribution in [-0.2, 0) is 0 Å². The quantitative estimate of drug-likeness (QED) is 0.0873. The summed E-state index contributed by atoms with van der Waals surface area (Å²) in [6.07, 6.45) is 0. The molecule has 0 aromatic rings. The van der Waals surface area contributed by atoms with Crippen molar-refractivity contribution in [1.82, 2.24) is 61.0 Å². The minimum atomic E-state index is -3.23. The molecule has 22 heteroatoms. The van der Waals surface area contributed by atoms with E-state index in [9.17, 15) is 0 Å². The molecule has 0 amide bonds. The van der Waals surface area contributed by atoms with E-state index in [1.807, 2.05) is 84.6 Å². The summed E-state index contributed by atoms with van der Waals surface area (Å²) in [5, 5.41) is 39.8. The van der Waals surface area contributed by atoms with Crippen molar-refractivity contribution in [2.75, 3.05) is 84.6 Å². The molecular weight excluding hydrogens is 559 g/mol. The fraction of sp³-hybridized carbons (Fsp3) is 1.00. The van der Waals surface area contributed by atoms with E-state index in [-0.39, 0.29) is 12.4 Å². The average molecular weight is 607 g/mol. The Bertz CT molecular complexity index is 609. The lowest BCUT2D eigenvalue weighted by atomic mass is 11.6. The van der Waals surface area contributed by atoms with Crippen LogP contribution in [-0.4, -0.2) is 84.6 Å². The molecule has 0 saturated carbocycles. The molecule has 0 rings (SSSR count). The van der Waals surface area contributed by atoms with Crippen molar-refractivity contribution in [1.29, 1.82) is 0 Å². The van der Waals surface area contributed by atoms with Gasteiger partial charge in [0.25, 0.3) is 0 Å². The fourth-order valence-corrected chi connectivity index (χ4v) is 18.2. The van der Waals surface area contributed by atoms with Gasteiger partial charge in [0, 0.05) is 0 Å². The first-order valence-corrected chi connectivity index (χ1v) is 18.8. The Morgan fingerprint density at radius 2 is 0.441 bits per heavy atom. The molecule has 0 atom stereocenters. The van der Waals surface area contributed by atoms with Crippen LogP contribution in [0, 0.1) is 0 Å². The zero-order chi connectivity index (χ0) is 25.8. The van der Waals surface area contributed by atoms with Crippen molar-refractivity contribution in [3.8, 4) is 0 Å². The van der Waals surface area contributed by atoms with Crippen molar-refractivity contribution >= 4 is 37.9 Å². The summed E-state index contributed by atoms with van der Waals surface area (Å²) in [5.41, 5.74) is 0. The monoisotopic (exact) mass is 606 g/mol. The normalized spacial score (nSPS) is 13.3. The first-order chi connectivity index (χ1) is 15.6. The Morgan fingerprint density at radius 3 is 0.529 bits per heavy atom. The Balaban J connectivity index is 0. The topological polar surface area (TPSA) is 194 Å². The van der Waals surface area contributed by atoms with Gasteiger partial charge in [-0.15, -0.1) is 0 Å². The molecule has 0 heterocycles. The molecular formula is C12H48ClN16P5. The first kappa shape index (κ1) is 37.3. The van der Waals surface area contributed by atoms with Gasteiger partial charge < -0.3 is 12.4 Å². The minimum Gasteiger partial charge on any atom is -1.00 e. The molecule has 16 nitrogen and oxygen atoms in total. The maximum absolute atomic E-state index is 5.29. The van der Waals surface area contributed by atoms with Crippen LogP contribution in [0.3, 0.4) is 0 Å². The highest BCUT2D eigenvalue weighted by Gasteiger charge is 2.50. The molecule has 0 spiro atoms.